The number of pyridine rings is 1. The summed E-state index contributed by atoms with van der Waals surface area (Å²) < 4.78 is 14.4. The van der Waals surface area contributed by atoms with Gasteiger partial charge in [-0.25, -0.2) is 9.37 Å². The van der Waals surface area contributed by atoms with E-state index in [-0.39, 0.29) is 17.6 Å². The normalized spacial score (nSPS) is 15.4. The number of nitrogens with zero attached hydrogens (tertiary/aromatic N) is 2. The Balaban J connectivity index is 1.54. The molecule has 2 aromatic heterocycles. The number of carbonyl (C=O) groups is 1. The van der Waals surface area contributed by atoms with E-state index >= 15 is 0 Å². The molecule has 0 atom stereocenters. The Morgan fingerprint density at radius 3 is 2.81 bits per heavy atom. The number of hydrogen-bond acceptors (Lipinski definition) is 3. The van der Waals surface area contributed by atoms with Crippen LogP contribution in [0.1, 0.15) is 40.2 Å². The molecule has 1 aromatic carbocycles. The topological polar surface area (TPSA) is 75.0 Å². The van der Waals surface area contributed by atoms with Crippen molar-refractivity contribution in [3.8, 4) is 0 Å². The molecule has 3 heterocycles. The molecule has 1 saturated heterocycles. The van der Waals surface area contributed by atoms with E-state index in [0.29, 0.717) is 53.4 Å². The highest BCUT2D eigenvalue weighted by atomic mass is 35.5. The van der Waals surface area contributed by atoms with Crippen LogP contribution in [-0.4, -0.2) is 33.9 Å². The molecule has 0 spiro atoms. The van der Waals surface area contributed by atoms with Crippen LogP contribution in [0.2, 0.25) is 5.02 Å². The molecule has 0 saturated carbocycles. The largest absolute Gasteiger partial charge is 0.397 e. The van der Waals surface area contributed by atoms with Gasteiger partial charge in [0.25, 0.3) is 5.91 Å². The summed E-state index contributed by atoms with van der Waals surface area (Å²) in [6, 6.07) is 5.37. The monoisotopic (exact) mass is 386 g/mol. The number of nitrogens with two attached hydrogens (primary N) is 1. The van der Waals surface area contributed by atoms with E-state index < -0.39 is 0 Å². The van der Waals surface area contributed by atoms with E-state index in [2.05, 4.69) is 9.97 Å². The van der Waals surface area contributed by atoms with Gasteiger partial charge in [0.15, 0.2) is 0 Å². The van der Waals surface area contributed by atoms with Crippen LogP contribution in [0, 0.1) is 12.7 Å². The Kier molecular flexibility index (Phi) is 4.52. The summed E-state index contributed by atoms with van der Waals surface area (Å²) in [6.45, 7) is 2.94. The molecule has 0 aliphatic carbocycles. The summed E-state index contributed by atoms with van der Waals surface area (Å²) in [5, 5.41) is 1.23. The number of rotatable bonds is 2. The number of amides is 1. The predicted molar refractivity (Wildman–Crippen MR) is 105 cm³/mol. The zero-order valence-corrected chi connectivity index (χ0v) is 15.7. The van der Waals surface area contributed by atoms with Crippen LogP contribution in [-0.2, 0) is 0 Å². The number of anilines is 1. The lowest BCUT2D eigenvalue weighted by atomic mass is 9.87. The second kappa shape index (κ2) is 6.85. The second-order valence-corrected chi connectivity index (χ2v) is 7.36. The van der Waals surface area contributed by atoms with Gasteiger partial charge in [0.1, 0.15) is 11.5 Å². The van der Waals surface area contributed by atoms with Crippen molar-refractivity contribution in [2.24, 2.45) is 0 Å². The van der Waals surface area contributed by atoms with Gasteiger partial charge in [0.05, 0.1) is 22.5 Å². The van der Waals surface area contributed by atoms with E-state index in [9.17, 15) is 9.18 Å². The molecule has 140 valence electrons. The minimum absolute atomic E-state index is 0.0503. The quantitative estimate of drug-likeness (QED) is 0.646. The molecule has 4 rings (SSSR count). The Hall–Kier alpha value is -2.60. The number of nitrogen functional groups attached to an aromatic ring is 1. The first kappa shape index (κ1) is 17.8. The molecule has 1 amide bonds. The van der Waals surface area contributed by atoms with E-state index in [4.69, 9.17) is 17.3 Å². The molecule has 0 unspecified atom stereocenters. The number of aromatic nitrogens is 2. The fourth-order valence-corrected chi connectivity index (χ4v) is 4.01. The first-order chi connectivity index (χ1) is 13.0. The maximum Gasteiger partial charge on any atom is 0.255 e. The number of fused-ring (bicyclic) bond motifs is 1. The van der Waals surface area contributed by atoms with Gasteiger partial charge in [0.2, 0.25) is 0 Å². The average molecular weight is 387 g/mol. The first-order valence-corrected chi connectivity index (χ1v) is 9.30. The maximum absolute atomic E-state index is 14.4. The third kappa shape index (κ3) is 3.04. The molecule has 0 radical (unpaired) electrons. The summed E-state index contributed by atoms with van der Waals surface area (Å²) in [6.07, 6.45) is 4.41. The average Bonchev–Trinajstić information content (AvgIpc) is 3.14. The first-order valence-electron chi connectivity index (χ1n) is 8.92. The molecule has 7 heteroatoms. The SMILES string of the molecule is Cc1ccc(C(=O)N2CCC(c3c(F)cnc4[nH]ccc34)CC2)c(N)c1Cl. The Morgan fingerprint density at radius 1 is 1.33 bits per heavy atom. The van der Waals surface area contributed by atoms with Crippen molar-refractivity contribution in [3.05, 3.63) is 58.1 Å². The van der Waals surface area contributed by atoms with Crippen LogP contribution >= 0.6 is 11.6 Å². The zero-order chi connectivity index (χ0) is 19.1. The van der Waals surface area contributed by atoms with Crippen molar-refractivity contribution in [2.75, 3.05) is 18.8 Å². The lowest BCUT2D eigenvalue weighted by Crippen LogP contribution is -2.38. The summed E-state index contributed by atoms with van der Waals surface area (Å²) in [7, 11) is 0. The molecule has 5 nitrogen and oxygen atoms in total. The van der Waals surface area contributed by atoms with Gasteiger partial charge in [-0.05, 0) is 43.4 Å². The summed E-state index contributed by atoms with van der Waals surface area (Å²) in [4.78, 5) is 21.7. The third-order valence-corrected chi connectivity index (χ3v) is 5.88. The molecular weight excluding hydrogens is 367 g/mol. The highest BCUT2D eigenvalue weighted by Crippen LogP contribution is 2.35. The van der Waals surface area contributed by atoms with Crippen molar-refractivity contribution in [1.29, 1.82) is 0 Å². The van der Waals surface area contributed by atoms with Crippen LogP contribution in [0.15, 0.2) is 30.6 Å². The molecule has 1 fully saturated rings. The van der Waals surface area contributed by atoms with Crippen LogP contribution in [0.25, 0.3) is 11.0 Å². The second-order valence-electron chi connectivity index (χ2n) is 6.98. The number of H-pyrrole nitrogens is 1. The lowest BCUT2D eigenvalue weighted by molar-refractivity contribution is 0.0714. The standard InChI is InChI=1S/C20H20ClFN4O/c1-11-2-3-14(18(23)17(11)21)20(27)26-8-5-12(6-9-26)16-13-4-7-24-19(13)25-10-15(16)22/h2-4,7,10,12H,5-6,8-9,23H2,1H3,(H,24,25). The summed E-state index contributed by atoms with van der Waals surface area (Å²) in [5.41, 5.74) is 9.00. The van der Waals surface area contributed by atoms with Crippen LogP contribution < -0.4 is 5.73 Å². The number of likely N-dealkylation sites (tertiary alicyclic amines) is 1. The molecule has 1 aliphatic heterocycles. The molecule has 27 heavy (non-hydrogen) atoms. The molecule has 3 aromatic rings. The van der Waals surface area contributed by atoms with E-state index in [1.807, 2.05) is 13.0 Å². The van der Waals surface area contributed by atoms with Crippen molar-refractivity contribution in [1.82, 2.24) is 14.9 Å². The molecule has 1 aliphatic rings. The number of carbonyl (C=O) groups excluding carboxylic acids is 1. The minimum atomic E-state index is -0.290. The van der Waals surface area contributed by atoms with Crippen molar-refractivity contribution >= 4 is 34.2 Å². The van der Waals surface area contributed by atoms with Gasteiger partial charge < -0.3 is 15.6 Å². The smallest absolute Gasteiger partial charge is 0.255 e. The van der Waals surface area contributed by atoms with E-state index in [0.717, 1.165) is 10.9 Å². The number of benzene rings is 1. The number of hydrogen-bond donors (Lipinski definition) is 2. The maximum atomic E-state index is 14.4. The molecule has 3 N–H and O–H groups in total. The number of halogens is 2. The highest BCUT2D eigenvalue weighted by Gasteiger charge is 2.29. The minimum Gasteiger partial charge on any atom is -0.397 e. The third-order valence-electron chi connectivity index (χ3n) is 5.37. The van der Waals surface area contributed by atoms with Gasteiger partial charge in [0, 0.05) is 30.2 Å². The van der Waals surface area contributed by atoms with E-state index in [1.54, 1.807) is 23.2 Å². The molecular formula is C20H20ClFN4O. The van der Waals surface area contributed by atoms with Crippen molar-refractivity contribution in [3.63, 3.8) is 0 Å². The van der Waals surface area contributed by atoms with Crippen molar-refractivity contribution in [2.45, 2.75) is 25.7 Å². The lowest BCUT2D eigenvalue weighted by Gasteiger charge is -2.33. The van der Waals surface area contributed by atoms with Gasteiger partial charge in [-0.1, -0.05) is 17.7 Å². The molecule has 0 bridgehead atoms. The van der Waals surface area contributed by atoms with Crippen LogP contribution in [0.4, 0.5) is 10.1 Å². The summed E-state index contributed by atoms with van der Waals surface area (Å²) >= 11 is 6.18. The summed E-state index contributed by atoms with van der Waals surface area (Å²) in [5.74, 6) is -0.370. The van der Waals surface area contributed by atoms with Gasteiger partial charge in [-0.15, -0.1) is 0 Å². The Bertz CT molecular complexity index is 1020. The fraction of sp³-hybridized carbons (Fsp3) is 0.300. The Labute approximate surface area is 161 Å². The van der Waals surface area contributed by atoms with E-state index in [1.165, 1.54) is 6.20 Å². The van der Waals surface area contributed by atoms with Crippen LogP contribution in [0.3, 0.4) is 0 Å². The number of aryl methyl sites for hydroxylation is 1. The van der Waals surface area contributed by atoms with Gasteiger partial charge in [-0.2, -0.15) is 0 Å². The number of aromatic amines is 1. The number of nitrogens with one attached hydrogen (secondary N) is 1. The zero-order valence-electron chi connectivity index (χ0n) is 14.9. The van der Waals surface area contributed by atoms with Crippen molar-refractivity contribution < 1.29 is 9.18 Å². The van der Waals surface area contributed by atoms with Crippen LogP contribution in [0.5, 0.6) is 0 Å². The fourth-order valence-electron chi connectivity index (χ4n) is 3.85. The van der Waals surface area contributed by atoms with Gasteiger partial charge in [-0.3, -0.25) is 4.79 Å². The Morgan fingerprint density at radius 2 is 2.07 bits per heavy atom. The predicted octanol–water partition coefficient (Wildman–Crippen LogP) is 4.27. The number of piperidine rings is 1. The highest BCUT2D eigenvalue weighted by molar-refractivity contribution is 6.34. The van der Waals surface area contributed by atoms with Gasteiger partial charge >= 0.3 is 0 Å².